The highest BCUT2D eigenvalue weighted by Crippen LogP contribution is 2.19. The molecule has 6 nitrogen and oxygen atoms in total. The van der Waals surface area contributed by atoms with Crippen LogP contribution in [0.3, 0.4) is 0 Å². The minimum Gasteiger partial charge on any atom is -0.478 e. The third kappa shape index (κ3) is 3.99. The molecule has 0 spiro atoms. The van der Waals surface area contributed by atoms with Crippen molar-refractivity contribution in [2.24, 2.45) is 0 Å². The number of hydrogen-bond donors (Lipinski definition) is 2. The standard InChI is InChI=1S/C12H16FNO5S/c1-8-6-9(7-10(11(8)13)12(15)16)20(17,18)14-4-3-5-19-2/h6-7,14H,3-5H2,1-2H3,(H,15,16). The van der Waals surface area contributed by atoms with E-state index in [0.717, 1.165) is 12.1 Å². The number of carboxylic acid groups (broad SMARTS) is 1. The maximum Gasteiger partial charge on any atom is 0.338 e. The van der Waals surface area contributed by atoms with Crippen molar-refractivity contribution in [3.05, 3.63) is 29.1 Å². The molecule has 1 rings (SSSR count). The molecule has 0 amide bonds. The maximum atomic E-state index is 13.6. The number of carboxylic acids is 1. The van der Waals surface area contributed by atoms with E-state index < -0.39 is 27.4 Å². The van der Waals surface area contributed by atoms with E-state index in [4.69, 9.17) is 9.84 Å². The Kier molecular flexibility index (Phi) is 5.61. The molecule has 0 fully saturated rings. The maximum absolute atomic E-state index is 13.6. The van der Waals surface area contributed by atoms with Gasteiger partial charge < -0.3 is 9.84 Å². The fraction of sp³-hybridized carbons (Fsp3) is 0.417. The zero-order valence-corrected chi connectivity index (χ0v) is 12.0. The Balaban J connectivity index is 3.04. The zero-order valence-electron chi connectivity index (χ0n) is 11.1. The molecule has 0 heterocycles. The number of rotatable bonds is 7. The second-order valence-electron chi connectivity index (χ2n) is 4.15. The summed E-state index contributed by atoms with van der Waals surface area (Å²) in [7, 11) is -2.37. The van der Waals surface area contributed by atoms with Gasteiger partial charge in [-0.1, -0.05) is 0 Å². The Morgan fingerprint density at radius 3 is 2.65 bits per heavy atom. The first kappa shape index (κ1) is 16.5. The summed E-state index contributed by atoms with van der Waals surface area (Å²) >= 11 is 0. The van der Waals surface area contributed by atoms with Gasteiger partial charge >= 0.3 is 5.97 Å². The number of ether oxygens (including phenoxy) is 1. The van der Waals surface area contributed by atoms with Crippen LogP contribution in [0.25, 0.3) is 0 Å². The molecule has 0 atom stereocenters. The number of methoxy groups -OCH3 is 1. The molecule has 20 heavy (non-hydrogen) atoms. The molecule has 0 aliphatic heterocycles. The lowest BCUT2D eigenvalue weighted by Crippen LogP contribution is -2.26. The van der Waals surface area contributed by atoms with E-state index >= 15 is 0 Å². The molecule has 0 saturated heterocycles. The molecule has 0 radical (unpaired) electrons. The van der Waals surface area contributed by atoms with Gasteiger partial charge in [-0.15, -0.1) is 0 Å². The number of carbonyl (C=O) groups is 1. The molecular formula is C12H16FNO5S. The van der Waals surface area contributed by atoms with Crippen LogP contribution in [0.1, 0.15) is 22.3 Å². The van der Waals surface area contributed by atoms with E-state index in [1.54, 1.807) is 0 Å². The van der Waals surface area contributed by atoms with Gasteiger partial charge in [0.2, 0.25) is 10.0 Å². The zero-order chi connectivity index (χ0) is 15.3. The van der Waals surface area contributed by atoms with Crippen molar-refractivity contribution in [1.82, 2.24) is 4.72 Å². The molecule has 8 heteroatoms. The van der Waals surface area contributed by atoms with Crippen LogP contribution in [-0.2, 0) is 14.8 Å². The van der Waals surface area contributed by atoms with Gasteiger partial charge in [-0.25, -0.2) is 22.3 Å². The van der Waals surface area contributed by atoms with E-state index in [-0.39, 0.29) is 17.0 Å². The highest BCUT2D eigenvalue weighted by Gasteiger charge is 2.20. The van der Waals surface area contributed by atoms with Gasteiger partial charge in [0.25, 0.3) is 0 Å². The van der Waals surface area contributed by atoms with Crippen LogP contribution in [-0.4, -0.2) is 39.8 Å². The van der Waals surface area contributed by atoms with E-state index in [2.05, 4.69) is 4.72 Å². The third-order valence-electron chi connectivity index (χ3n) is 2.59. The number of halogens is 1. The summed E-state index contributed by atoms with van der Waals surface area (Å²) in [4.78, 5) is 10.6. The van der Waals surface area contributed by atoms with Gasteiger partial charge in [-0.3, -0.25) is 0 Å². The van der Waals surface area contributed by atoms with Crippen molar-refractivity contribution in [2.45, 2.75) is 18.2 Å². The molecule has 0 aliphatic rings. The first-order valence-corrected chi connectivity index (χ1v) is 7.30. The molecule has 1 aromatic rings. The lowest BCUT2D eigenvalue weighted by Gasteiger charge is -2.09. The minimum atomic E-state index is -3.87. The summed E-state index contributed by atoms with van der Waals surface area (Å²) in [5.41, 5.74) is -0.704. The summed E-state index contributed by atoms with van der Waals surface area (Å²) in [6, 6.07) is 1.91. The van der Waals surface area contributed by atoms with Gasteiger partial charge in [0.05, 0.1) is 10.5 Å². The number of hydrogen-bond acceptors (Lipinski definition) is 4. The van der Waals surface area contributed by atoms with Gasteiger partial charge in [0.15, 0.2) is 0 Å². The highest BCUT2D eigenvalue weighted by atomic mass is 32.2. The molecule has 0 aromatic heterocycles. The van der Waals surface area contributed by atoms with Crippen LogP contribution < -0.4 is 4.72 Å². The van der Waals surface area contributed by atoms with Crippen LogP contribution in [0.15, 0.2) is 17.0 Å². The number of aryl methyl sites for hydroxylation is 1. The Labute approximate surface area is 116 Å². The Hall–Kier alpha value is -1.51. The van der Waals surface area contributed by atoms with E-state index in [1.165, 1.54) is 14.0 Å². The largest absolute Gasteiger partial charge is 0.478 e. The Morgan fingerprint density at radius 2 is 2.10 bits per heavy atom. The normalized spacial score (nSPS) is 11.6. The van der Waals surface area contributed by atoms with Crippen molar-refractivity contribution in [3.63, 3.8) is 0 Å². The van der Waals surface area contributed by atoms with Gasteiger partial charge in [0.1, 0.15) is 5.82 Å². The Bertz CT molecular complexity index is 600. The number of sulfonamides is 1. The van der Waals surface area contributed by atoms with Crippen molar-refractivity contribution >= 4 is 16.0 Å². The van der Waals surface area contributed by atoms with E-state index in [0.29, 0.717) is 13.0 Å². The monoisotopic (exact) mass is 305 g/mol. The topological polar surface area (TPSA) is 92.7 Å². The number of aromatic carboxylic acids is 1. The number of nitrogens with one attached hydrogen (secondary N) is 1. The molecule has 0 bridgehead atoms. The lowest BCUT2D eigenvalue weighted by molar-refractivity contribution is 0.0691. The molecule has 112 valence electrons. The molecular weight excluding hydrogens is 289 g/mol. The van der Waals surface area contributed by atoms with Gasteiger partial charge in [0, 0.05) is 20.3 Å². The third-order valence-corrected chi connectivity index (χ3v) is 4.03. The second kappa shape index (κ2) is 6.78. The first-order chi connectivity index (χ1) is 9.29. The van der Waals surface area contributed by atoms with E-state index in [9.17, 15) is 17.6 Å². The average molecular weight is 305 g/mol. The minimum absolute atomic E-state index is 0.0397. The Morgan fingerprint density at radius 1 is 1.45 bits per heavy atom. The van der Waals surface area contributed by atoms with Crippen molar-refractivity contribution in [1.29, 1.82) is 0 Å². The lowest BCUT2D eigenvalue weighted by atomic mass is 10.1. The average Bonchev–Trinajstić information content (AvgIpc) is 2.37. The molecule has 2 N–H and O–H groups in total. The van der Waals surface area contributed by atoms with Crippen LogP contribution in [0.5, 0.6) is 0 Å². The van der Waals surface area contributed by atoms with Crippen LogP contribution in [0.4, 0.5) is 4.39 Å². The van der Waals surface area contributed by atoms with E-state index in [1.807, 2.05) is 0 Å². The fourth-order valence-electron chi connectivity index (χ4n) is 1.55. The summed E-state index contributed by atoms with van der Waals surface area (Å²) in [6.07, 6.45) is 0.474. The SMILES string of the molecule is COCCCNS(=O)(=O)c1cc(C)c(F)c(C(=O)O)c1. The summed E-state index contributed by atoms with van der Waals surface area (Å²) in [5, 5.41) is 8.85. The summed E-state index contributed by atoms with van der Waals surface area (Å²) in [5.74, 6) is -2.45. The van der Waals surface area contributed by atoms with Crippen molar-refractivity contribution in [2.75, 3.05) is 20.3 Å². The first-order valence-electron chi connectivity index (χ1n) is 5.81. The highest BCUT2D eigenvalue weighted by molar-refractivity contribution is 7.89. The van der Waals surface area contributed by atoms with Crippen molar-refractivity contribution in [3.8, 4) is 0 Å². The van der Waals surface area contributed by atoms with Crippen LogP contribution >= 0.6 is 0 Å². The molecule has 0 unspecified atom stereocenters. The smallest absolute Gasteiger partial charge is 0.338 e. The predicted octanol–water partition coefficient (Wildman–Crippen LogP) is 1.15. The van der Waals surface area contributed by atoms with Gasteiger partial charge in [-0.05, 0) is 31.0 Å². The fourth-order valence-corrected chi connectivity index (χ4v) is 2.74. The molecule has 0 saturated carbocycles. The van der Waals surface area contributed by atoms with Crippen LogP contribution in [0.2, 0.25) is 0 Å². The second-order valence-corrected chi connectivity index (χ2v) is 5.92. The summed E-state index contributed by atoms with van der Waals surface area (Å²) < 4.78 is 44.6. The van der Waals surface area contributed by atoms with Crippen molar-refractivity contribution < 1.29 is 27.4 Å². The number of benzene rings is 1. The van der Waals surface area contributed by atoms with Crippen LogP contribution in [0, 0.1) is 12.7 Å². The van der Waals surface area contributed by atoms with Gasteiger partial charge in [-0.2, -0.15) is 0 Å². The predicted molar refractivity (Wildman–Crippen MR) is 69.8 cm³/mol. The quantitative estimate of drug-likeness (QED) is 0.737. The molecule has 1 aromatic carbocycles. The molecule has 0 aliphatic carbocycles. The summed E-state index contributed by atoms with van der Waals surface area (Å²) in [6.45, 7) is 1.85.